The Morgan fingerprint density at radius 2 is 2.31 bits per heavy atom. The topological polar surface area (TPSA) is 50.9 Å². The quantitative estimate of drug-likeness (QED) is 0.607. The average molecular weight is 220 g/mol. The van der Waals surface area contributed by atoms with Gasteiger partial charge in [-0.05, 0) is 12.5 Å². The molecule has 0 radical (unpaired) electrons. The van der Waals surface area contributed by atoms with Crippen LogP contribution in [-0.4, -0.2) is 4.98 Å². The fourth-order valence-electron chi connectivity index (χ4n) is 1.07. The van der Waals surface area contributed by atoms with Crippen LogP contribution in [0.25, 0.3) is 0 Å². The minimum absolute atomic E-state index is 0.0234. The van der Waals surface area contributed by atoms with Crippen molar-refractivity contribution in [3.05, 3.63) is 28.0 Å². The highest BCUT2D eigenvalue weighted by atomic mass is 35.5. The van der Waals surface area contributed by atoms with Crippen LogP contribution in [0.2, 0.25) is 10.0 Å². The van der Waals surface area contributed by atoms with Crippen molar-refractivity contribution in [3.63, 3.8) is 0 Å². The first kappa shape index (κ1) is 10.7. The minimum Gasteiger partial charge on any atom is -0.271 e. The van der Waals surface area contributed by atoms with Gasteiger partial charge in [0.15, 0.2) is 0 Å². The van der Waals surface area contributed by atoms with E-state index in [1.54, 1.807) is 12.3 Å². The van der Waals surface area contributed by atoms with Gasteiger partial charge in [0.1, 0.15) is 0 Å². The summed E-state index contributed by atoms with van der Waals surface area (Å²) in [5.41, 5.74) is 3.37. The lowest BCUT2D eigenvalue weighted by molar-refractivity contribution is 0.526. The summed E-state index contributed by atoms with van der Waals surface area (Å²) in [6, 6.07) is 1.63. The number of pyridine rings is 1. The molecule has 1 atom stereocenters. The monoisotopic (exact) mass is 219 g/mol. The normalized spacial score (nSPS) is 12.9. The third-order valence-corrected chi connectivity index (χ3v) is 2.29. The number of nitrogens with two attached hydrogens (primary N) is 1. The summed E-state index contributed by atoms with van der Waals surface area (Å²) >= 11 is 11.6. The molecule has 1 aromatic heterocycles. The molecule has 0 aliphatic carbocycles. The zero-order valence-corrected chi connectivity index (χ0v) is 8.73. The molecule has 0 spiro atoms. The van der Waals surface area contributed by atoms with Gasteiger partial charge in [0.25, 0.3) is 0 Å². The summed E-state index contributed by atoms with van der Waals surface area (Å²) in [5, 5.41) is 1.07. The Balaban J connectivity index is 2.99. The van der Waals surface area contributed by atoms with Gasteiger partial charge in [0.05, 0.1) is 21.8 Å². The highest BCUT2D eigenvalue weighted by Gasteiger charge is 2.12. The Kier molecular flexibility index (Phi) is 3.93. The molecule has 0 aliphatic rings. The van der Waals surface area contributed by atoms with Crippen LogP contribution in [0.5, 0.6) is 0 Å². The van der Waals surface area contributed by atoms with Gasteiger partial charge in [-0.25, -0.2) is 0 Å². The lowest BCUT2D eigenvalue weighted by atomic mass is 10.1. The van der Waals surface area contributed by atoms with Crippen LogP contribution in [0.4, 0.5) is 0 Å². The fraction of sp³-hybridized carbons (Fsp3) is 0.375. The van der Waals surface area contributed by atoms with Crippen molar-refractivity contribution in [2.75, 3.05) is 0 Å². The SMILES string of the molecule is CCC(NN)c1ncc(Cl)cc1Cl. The van der Waals surface area contributed by atoms with Crippen LogP contribution in [0.15, 0.2) is 12.3 Å². The Labute approximate surface area is 87.2 Å². The van der Waals surface area contributed by atoms with Crippen molar-refractivity contribution in [2.45, 2.75) is 19.4 Å². The van der Waals surface area contributed by atoms with Crippen molar-refractivity contribution in [2.24, 2.45) is 5.84 Å². The number of rotatable bonds is 3. The molecule has 0 amide bonds. The molecular weight excluding hydrogens is 209 g/mol. The van der Waals surface area contributed by atoms with Crippen LogP contribution < -0.4 is 11.3 Å². The fourth-order valence-corrected chi connectivity index (χ4v) is 1.58. The van der Waals surface area contributed by atoms with Crippen molar-refractivity contribution in [1.82, 2.24) is 10.4 Å². The summed E-state index contributed by atoms with van der Waals surface area (Å²) in [6.07, 6.45) is 2.38. The van der Waals surface area contributed by atoms with Crippen LogP contribution in [-0.2, 0) is 0 Å². The molecule has 3 N–H and O–H groups in total. The van der Waals surface area contributed by atoms with Gasteiger partial charge in [-0.2, -0.15) is 0 Å². The molecule has 0 aliphatic heterocycles. The highest BCUT2D eigenvalue weighted by Crippen LogP contribution is 2.24. The summed E-state index contributed by atoms with van der Waals surface area (Å²) < 4.78 is 0. The third kappa shape index (κ3) is 2.54. The second-order valence-corrected chi connectivity index (χ2v) is 3.49. The van der Waals surface area contributed by atoms with Gasteiger partial charge < -0.3 is 0 Å². The number of aromatic nitrogens is 1. The summed E-state index contributed by atoms with van der Waals surface area (Å²) in [6.45, 7) is 2.00. The molecule has 1 heterocycles. The molecule has 72 valence electrons. The van der Waals surface area contributed by atoms with E-state index in [1.165, 1.54) is 0 Å². The molecule has 5 heteroatoms. The molecule has 0 saturated heterocycles. The number of hydrazine groups is 1. The van der Waals surface area contributed by atoms with Gasteiger partial charge in [0, 0.05) is 6.20 Å². The molecule has 3 nitrogen and oxygen atoms in total. The standard InChI is InChI=1S/C8H11Cl2N3/c1-2-7(13-11)8-6(10)3-5(9)4-12-8/h3-4,7,13H,2,11H2,1H3. The van der Waals surface area contributed by atoms with Crippen molar-refractivity contribution in [3.8, 4) is 0 Å². The van der Waals surface area contributed by atoms with E-state index >= 15 is 0 Å². The minimum atomic E-state index is -0.0234. The van der Waals surface area contributed by atoms with Gasteiger partial charge in [0.2, 0.25) is 0 Å². The molecule has 0 bridgehead atoms. The van der Waals surface area contributed by atoms with E-state index in [4.69, 9.17) is 29.0 Å². The van der Waals surface area contributed by atoms with Gasteiger partial charge >= 0.3 is 0 Å². The number of halogens is 2. The summed E-state index contributed by atoms with van der Waals surface area (Å²) in [7, 11) is 0. The van der Waals surface area contributed by atoms with Crippen LogP contribution >= 0.6 is 23.2 Å². The number of nitrogens with zero attached hydrogens (tertiary/aromatic N) is 1. The lowest BCUT2D eigenvalue weighted by Crippen LogP contribution is -2.28. The number of hydrogen-bond acceptors (Lipinski definition) is 3. The predicted molar refractivity (Wildman–Crippen MR) is 54.6 cm³/mol. The number of hydrogen-bond donors (Lipinski definition) is 2. The molecule has 13 heavy (non-hydrogen) atoms. The van der Waals surface area contributed by atoms with Crippen molar-refractivity contribution in [1.29, 1.82) is 0 Å². The molecule has 0 fully saturated rings. The molecular formula is C8H11Cl2N3. The first-order valence-electron chi connectivity index (χ1n) is 3.96. The lowest BCUT2D eigenvalue weighted by Gasteiger charge is -2.13. The maximum absolute atomic E-state index is 5.94. The largest absolute Gasteiger partial charge is 0.271 e. The van der Waals surface area contributed by atoms with Crippen molar-refractivity contribution < 1.29 is 0 Å². The van der Waals surface area contributed by atoms with Crippen molar-refractivity contribution >= 4 is 23.2 Å². The second-order valence-electron chi connectivity index (χ2n) is 2.65. The Hall–Kier alpha value is -0.350. The molecule has 1 aromatic rings. The van der Waals surface area contributed by atoms with E-state index in [0.717, 1.165) is 12.1 Å². The Morgan fingerprint density at radius 1 is 1.62 bits per heavy atom. The van der Waals surface area contributed by atoms with Gasteiger partial charge in [-0.15, -0.1) is 0 Å². The first-order chi connectivity index (χ1) is 6.19. The summed E-state index contributed by atoms with van der Waals surface area (Å²) in [5.74, 6) is 5.34. The van der Waals surface area contributed by atoms with E-state index in [9.17, 15) is 0 Å². The predicted octanol–water partition coefficient (Wildman–Crippen LogP) is 2.30. The van der Waals surface area contributed by atoms with E-state index < -0.39 is 0 Å². The molecule has 0 saturated carbocycles. The van der Waals surface area contributed by atoms with E-state index in [0.29, 0.717) is 10.0 Å². The molecule has 1 unspecified atom stereocenters. The number of nitrogens with one attached hydrogen (secondary N) is 1. The van der Waals surface area contributed by atoms with Gasteiger partial charge in [-0.3, -0.25) is 16.3 Å². The summed E-state index contributed by atoms with van der Waals surface area (Å²) in [4.78, 5) is 4.11. The smallest absolute Gasteiger partial charge is 0.0773 e. The second kappa shape index (κ2) is 4.77. The Bertz CT molecular complexity index is 287. The van der Waals surface area contributed by atoms with Crippen LogP contribution in [0.1, 0.15) is 25.1 Å². The van der Waals surface area contributed by atoms with Gasteiger partial charge in [-0.1, -0.05) is 30.1 Å². The van der Waals surface area contributed by atoms with Crippen LogP contribution in [0, 0.1) is 0 Å². The zero-order chi connectivity index (χ0) is 9.84. The maximum atomic E-state index is 5.94. The first-order valence-corrected chi connectivity index (χ1v) is 4.71. The molecule has 1 rings (SSSR count). The van der Waals surface area contributed by atoms with Crippen LogP contribution in [0.3, 0.4) is 0 Å². The zero-order valence-electron chi connectivity index (χ0n) is 7.22. The van der Waals surface area contributed by atoms with E-state index in [2.05, 4.69) is 10.4 Å². The Morgan fingerprint density at radius 3 is 2.77 bits per heavy atom. The van der Waals surface area contributed by atoms with E-state index in [1.807, 2.05) is 6.92 Å². The maximum Gasteiger partial charge on any atom is 0.0773 e. The third-order valence-electron chi connectivity index (χ3n) is 1.78. The average Bonchev–Trinajstić information content (AvgIpc) is 2.10. The molecule has 0 aromatic carbocycles. The van der Waals surface area contributed by atoms with E-state index in [-0.39, 0.29) is 6.04 Å². The highest BCUT2D eigenvalue weighted by molar-refractivity contribution is 6.34.